The van der Waals surface area contributed by atoms with Gasteiger partial charge in [0.2, 0.25) is 0 Å². The number of benzene rings is 1. The number of hydrogen-bond donors (Lipinski definition) is 0. The molecule has 2 aliphatic heterocycles. The van der Waals surface area contributed by atoms with Gasteiger partial charge in [-0.05, 0) is 56.2 Å². The number of rotatable bonds is 7. The van der Waals surface area contributed by atoms with E-state index in [1.165, 1.54) is 11.8 Å². The second-order valence-electron chi connectivity index (χ2n) is 9.99. The van der Waals surface area contributed by atoms with E-state index in [0.717, 1.165) is 55.7 Å². The van der Waals surface area contributed by atoms with Gasteiger partial charge >= 0.3 is 0 Å². The lowest BCUT2D eigenvalue weighted by Crippen LogP contribution is -2.40. The summed E-state index contributed by atoms with van der Waals surface area (Å²) in [6.45, 7) is 10.3. The van der Waals surface area contributed by atoms with E-state index in [0.29, 0.717) is 27.3 Å². The Morgan fingerprint density at radius 3 is 2.65 bits per heavy atom. The Morgan fingerprint density at radius 1 is 1.27 bits per heavy atom. The van der Waals surface area contributed by atoms with Gasteiger partial charge in [-0.25, -0.2) is 0 Å². The molecule has 1 aromatic heterocycles. The van der Waals surface area contributed by atoms with Crippen molar-refractivity contribution < 1.29 is 4.79 Å². The zero-order valence-corrected chi connectivity index (χ0v) is 23.6. The number of piperidine rings is 1. The second-order valence-corrected chi connectivity index (χ2v) is 11.7. The lowest BCUT2D eigenvalue weighted by Gasteiger charge is -2.36. The molecule has 3 heterocycles. The highest BCUT2D eigenvalue weighted by Gasteiger charge is 2.37. The first-order valence-electron chi connectivity index (χ1n) is 13.0. The third-order valence-corrected chi connectivity index (χ3v) is 8.64. The molecule has 6 nitrogen and oxygen atoms in total. The second kappa shape index (κ2) is 11.7. The first-order chi connectivity index (χ1) is 17.8. The molecule has 0 spiro atoms. The van der Waals surface area contributed by atoms with Crippen molar-refractivity contribution in [2.24, 2.45) is 5.92 Å². The summed E-state index contributed by atoms with van der Waals surface area (Å²) in [6, 6.07) is 11.8. The van der Waals surface area contributed by atoms with Gasteiger partial charge in [-0.3, -0.25) is 19.1 Å². The molecule has 4 rings (SSSR count). The molecule has 0 aliphatic carbocycles. The van der Waals surface area contributed by atoms with Crippen LogP contribution in [0.15, 0.2) is 40.0 Å². The standard InChI is InChI=1S/C29H34N4O2S2/c1-5-6-15-32-26(31-14-10-11-19(2)18-31)23(20(3)24(17-30)27(32)34)16-25-28(35)33(29(36)37-25)21(4)22-12-8-7-9-13-22/h7-9,12-13,16,19,21H,5-6,10-11,14-15,18H2,1-4H3/b25-16-. The summed E-state index contributed by atoms with van der Waals surface area (Å²) in [5.41, 5.74) is 2.30. The monoisotopic (exact) mass is 534 g/mol. The molecule has 2 aromatic rings. The maximum Gasteiger partial charge on any atom is 0.270 e. The van der Waals surface area contributed by atoms with Crippen LogP contribution in [0.4, 0.5) is 5.82 Å². The van der Waals surface area contributed by atoms with Crippen molar-refractivity contribution in [3.05, 3.63) is 67.8 Å². The lowest BCUT2D eigenvalue weighted by atomic mass is 9.97. The van der Waals surface area contributed by atoms with Gasteiger partial charge in [0.1, 0.15) is 21.8 Å². The van der Waals surface area contributed by atoms with Crippen LogP contribution in [0.5, 0.6) is 0 Å². The Bertz CT molecular complexity index is 1330. The number of nitriles is 1. The number of thiocarbonyl (C=S) groups is 1. The van der Waals surface area contributed by atoms with Gasteiger partial charge in [-0.1, -0.05) is 74.6 Å². The molecular formula is C29H34N4O2S2. The van der Waals surface area contributed by atoms with Crippen LogP contribution in [0.1, 0.15) is 74.8 Å². The van der Waals surface area contributed by atoms with Gasteiger partial charge in [0.15, 0.2) is 0 Å². The van der Waals surface area contributed by atoms with E-state index in [-0.39, 0.29) is 23.1 Å². The van der Waals surface area contributed by atoms with Gasteiger partial charge in [-0.2, -0.15) is 5.26 Å². The molecule has 1 amide bonds. The molecule has 194 valence electrons. The number of aromatic nitrogens is 1. The van der Waals surface area contributed by atoms with E-state index in [2.05, 4.69) is 24.8 Å². The molecular weight excluding hydrogens is 500 g/mol. The van der Waals surface area contributed by atoms with Crippen molar-refractivity contribution in [3.8, 4) is 6.07 Å². The van der Waals surface area contributed by atoms with Crippen molar-refractivity contribution >= 4 is 46.1 Å². The smallest absolute Gasteiger partial charge is 0.270 e. The summed E-state index contributed by atoms with van der Waals surface area (Å²) < 4.78 is 2.28. The molecule has 0 bridgehead atoms. The summed E-state index contributed by atoms with van der Waals surface area (Å²) in [5, 5.41) is 9.91. The van der Waals surface area contributed by atoms with Crippen LogP contribution in [-0.4, -0.2) is 32.8 Å². The van der Waals surface area contributed by atoms with Crippen molar-refractivity contribution in [2.45, 2.75) is 66.0 Å². The van der Waals surface area contributed by atoms with Crippen LogP contribution in [0.3, 0.4) is 0 Å². The molecule has 2 aliphatic rings. The average Bonchev–Trinajstić information content (AvgIpc) is 3.17. The Labute approximate surface area is 229 Å². The molecule has 0 N–H and O–H groups in total. The van der Waals surface area contributed by atoms with Gasteiger partial charge in [0, 0.05) is 25.2 Å². The molecule has 1 aromatic carbocycles. The van der Waals surface area contributed by atoms with Crippen molar-refractivity contribution in [1.29, 1.82) is 5.26 Å². The van der Waals surface area contributed by atoms with Crippen LogP contribution < -0.4 is 10.5 Å². The molecule has 2 saturated heterocycles. The van der Waals surface area contributed by atoms with E-state index in [9.17, 15) is 14.9 Å². The highest BCUT2D eigenvalue weighted by Crippen LogP contribution is 2.40. The zero-order valence-electron chi connectivity index (χ0n) is 22.0. The third kappa shape index (κ3) is 5.39. The summed E-state index contributed by atoms with van der Waals surface area (Å²) in [5.74, 6) is 1.17. The van der Waals surface area contributed by atoms with Crippen molar-refractivity contribution in [1.82, 2.24) is 9.47 Å². The van der Waals surface area contributed by atoms with E-state index in [4.69, 9.17) is 12.2 Å². The van der Waals surface area contributed by atoms with Crippen LogP contribution >= 0.6 is 24.0 Å². The maximum atomic E-state index is 13.7. The first kappa shape index (κ1) is 27.2. The zero-order chi connectivity index (χ0) is 26.7. The SMILES string of the molecule is CCCCn1c(N2CCCC(C)C2)c(/C=C2\SC(=S)N(C(C)c3ccccc3)C2=O)c(C)c(C#N)c1=O. The van der Waals surface area contributed by atoms with E-state index >= 15 is 0 Å². The predicted octanol–water partition coefficient (Wildman–Crippen LogP) is 6.03. The fraction of sp³-hybridized carbons (Fsp3) is 0.448. The fourth-order valence-electron chi connectivity index (χ4n) is 5.22. The summed E-state index contributed by atoms with van der Waals surface area (Å²) in [4.78, 5) is 31.6. The van der Waals surface area contributed by atoms with Gasteiger partial charge in [-0.15, -0.1) is 0 Å². The number of anilines is 1. The van der Waals surface area contributed by atoms with E-state index in [1.54, 1.807) is 9.47 Å². The Kier molecular flexibility index (Phi) is 8.56. The molecule has 0 radical (unpaired) electrons. The highest BCUT2D eigenvalue weighted by atomic mass is 32.2. The Morgan fingerprint density at radius 2 is 2.00 bits per heavy atom. The molecule has 2 atom stereocenters. The number of carbonyl (C=O) groups excluding carboxylic acids is 1. The fourth-order valence-corrected chi connectivity index (χ4v) is 6.62. The minimum absolute atomic E-state index is 0.143. The minimum atomic E-state index is -0.246. The Hall–Kier alpha value is -2.89. The summed E-state index contributed by atoms with van der Waals surface area (Å²) in [6.07, 6.45) is 5.82. The number of unbranched alkanes of at least 4 members (excludes halogenated alkanes) is 1. The van der Waals surface area contributed by atoms with Gasteiger partial charge in [0.05, 0.1) is 10.9 Å². The van der Waals surface area contributed by atoms with Crippen LogP contribution in [0.2, 0.25) is 0 Å². The van der Waals surface area contributed by atoms with Crippen LogP contribution in [0, 0.1) is 24.2 Å². The minimum Gasteiger partial charge on any atom is -0.357 e. The number of hydrogen-bond acceptors (Lipinski definition) is 6. The van der Waals surface area contributed by atoms with Gasteiger partial charge in [0.25, 0.3) is 11.5 Å². The topological polar surface area (TPSA) is 69.3 Å². The Balaban J connectivity index is 1.85. The highest BCUT2D eigenvalue weighted by molar-refractivity contribution is 8.26. The van der Waals surface area contributed by atoms with Crippen molar-refractivity contribution in [3.63, 3.8) is 0 Å². The van der Waals surface area contributed by atoms with Crippen LogP contribution in [-0.2, 0) is 11.3 Å². The number of carbonyl (C=O) groups is 1. The average molecular weight is 535 g/mol. The number of nitrogens with zero attached hydrogens (tertiary/aromatic N) is 4. The number of amides is 1. The van der Waals surface area contributed by atoms with E-state index < -0.39 is 0 Å². The van der Waals surface area contributed by atoms with Gasteiger partial charge < -0.3 is 4.90 Å². The largest absolute Gasteiger partial charge is 0.357 e. The molecule has 37 heavy (non-hydrogen) atoms. The first-order valence-corrected chi connectivity index (χ1v) is 14.2. The molecule has 2 fully saturated rings. The molecule has 8 heteroatoms. The van der Waals surface area contributed by atoms with Crippen molar-refractivity contribution in [2.75, 3.05) is 18.0 Å². The molecule has 0 saturated carbocycles. The number of thioether (sulfide) groups is 1. The quantitative estimate of drug-likeness (QED) is 0.319. The predicted molar refractivity (Wildman–Crippen MR) is 156 cm³/mol. The normalized spacial score (nSPS) is 20.0. The third-order valence-electron chi connectivity index (χ3n) is 7.31. The van der Waals surface area contributed by atoms with Crippen LogP contribution in [0.25, 0.3) is 6.08 Å². The lowest BCUT2D eigenvalue weighted by molar-refractivity contribution is -0.123. The van der Waals surface area contributed by atoms with E-state index in [1.807, 2.05) is 50.3 Å². The maximum absolute atomic E-state index is 13.7. The number of pyridine rings is 1. The summed E-state index contributed by atoms with van der Waals surface area (Å²) in [7, 11) is 0. The molecule has 2 unspecified atom stereocenters. The summed E-state index contributed by atoms with van der Waals surface area (Å²) >= 11 is 6.94.